The zero-order valence-corrected chi connectivity index (χ0v) is 18.6. The molecule has 0 spiro atoms. The van der Waals surface area contributed by atoms with E-state index in [0.717, 1.165) is 4.31 Å². The molecule has 3 aromatic rings. The molecule has 1 fully saturated rings. The number of amides is 2. The Morgan fingerprint density at radius 3 is 2.44 bits per heavy atom. The quantitative estimate of drug-likeness (QED) is 0.583. The molecule has 0 aliphatic carbocycles. The van der Waals surface area contributed by atoms with Gasteiger partial charge in [-0.2, -0.15) is 0 Å². The molecule has 3 aromatic carbocycles. The number of nitrogens with zero attached hydrogens (tertiary/aromatic N) is 1. The van der Waals surface area contributed by atoms with Crippen molar-refractivity contribution in [2.75, 3.05) is 15.4 Å². The Morgan fingerprint density at radius 2 is 1.75 bits per heavy atom. The van der Waals surface area contributed by atoms with Crippen molar-refractivity contribution in [3.05, 3.63) is 83.4 Å². The van der Waals surface area contributed by atoms with Crippen LogP contribution in [-0.4, -0.2) is 26.0 Å². The summed E-state index contributed by atoms with van der Waals surface area (Å²) >= 11 is 6.22. The van der Waals surface area contributed by atoms with Crippen LogP contribution >= 0.6 is 11.6 Å². The highest BCUT2D eigenvalue weighted by Gasteiger charge is 2.42. The van der Waals surface area contributed by atoms with Gasteiger partial charge in [0.25, 0.3) is 5.91 Å². The number of sulfonamides is 1. The van der Waals surface area contributed by atoms with Gasteiger partial charge in [-0.25, -0.2) is 12.7 Å². The lowest BCUT2D eigenvalue weighted by Crippen LogP contribution is -2.30. The van der Waals surface area contributed by atoms with Gasteiger partial charge in [0.2, 0.25) is 15.9 Å². The first-order valence-electron chi connectivity index (χ1n) is 9.76. The number of nitrogens with one attached hydrogen (secondary N) is 1. The molecule has 0 saturated carbocycles. The van der Waals surface area contributed by atoms with Crippen LogP contribution in [-0.2, 0) is 14.8 Å². The topological polar surface area (TPSA) is 92.8 Å². The fourth-order valence-electron chi connectivity index (χ4n) is 3.36. The summed E-state index contributed by atoms with van der Waals surface area (Å²) in [4.78, 5) is 25.4. The Hall–Kier alpha value is -3.36. The third kappa shape index (κ3) is 4.32. The van der Waals surface area contributed by atoms with Crippen LogP contribution in [0, 0.1) is 5.92 Å². The minimum absolute atomic E-state index is 0.0289. The lowest BCUT2D eigenvalue weighted by molar-refractivity contribution is -0.119. The Morgan fingerprint density at radius 1 is 1.06 bits per heavy atom. The first kappa shape index (κ1) is 21.9. The number of rotatable bonds is 5. The van der Waals surface area contributed by atoms with Gasteiger partial charge in [0.15, 0.2) is 5.75 Å². The van der Waals surface area contributed by atoms with Crippen molar-refractivity contribution in [1.82, 2.24) is 0 Å². The zero-order chi connectivity index (χ0) is 22.9. The first-order valence-corrected chi connectivity index (χ1v) is 11.7. The number of benzene rings is 3. The Bertz CT molecular complexity index is 1290. The molecule has 1 heterocycles. The van der Waals surface area contributed by atoms with Crippen molar-refractivity contribution < 1.29 is 22.7 Å². The number of carbonyl (C=O) groups is 2. The van der Waals surface area contributed by atoms with E-state index in [1.807, 2.05) is 18.2 Å². The molecule has 1 aliphatic heterocycles. The Labute approximate surface area is 190 Å². The minimum atomic E-state index is -3.81. The van der Waals surface area contributed by atoms with Gasteiger partial charge in [0.1, 0.15) is 5.75 Å². The highest BCUT2D eigenvalue weighted by Crippen LogP contribution is 2.33. The molecule has 32 heavy (non-hydrogen) atoms. The normalized spacial score (nSPS) is 17.2. The summed E-state index contributed by atoms with van der Waals surface area (Å²) in [6.45, 7) is 1.55. The van der Waals surface area contributed by atoms with Gasteiger partial charge >= 0.3 is 0 Å². The standard InChI is InChI=1S/C23H19ClN2O5S/c1-15-14-32(29,30)26(23(15)28)16-11-12-19(24)18(13-16)22(27)25-20-9-5-6-10-21(20)31-17-7-3-2-4-8-17/h2-13,15H,14H2,1H3,(H,25,27). The van der Waals surface area contributed by atoms with Crippen LogP contribution in [0.15, 0.2) is 72.8 Å². The largest absolute Gasteiger partial charge is 0.455 e. The highest BCUT2D eigenvalue weighted by atomic mass is 35.5. The van der Waals surface area contributed by atoms with Gasteiger partial charge in [-0.3, -0.25) is 9.59 Å². The fourth-order valence-corrected chi connectivity index (χ4v) is 5.38. The smallest absolute Gasteiger partial charge is 0.257 e. The lowest BCUT2D eigenvalue weighted by Gasteiger charge is -2.17. The summed E-state index contributed by atoms with van der Waals surface area (Å²) in [5, 5.41) is 2.86. The predicted molar refractivity (Wildman–Crippen MR) is 123 cm³/mol. The maximum absolute atomic E-state index is 13.0. The van der Waals surface area contributed by atoms with Crippen molar-refractivity contribution in [1.29, 1.82) is 0 Å². The van der Waals surface area contributed by atoms with E-state index in [-0.39, 0.29) is 22.0 Å². The molecular formula is C23H19ClN2O5S. The van der Waals surface area contributed by atoms with Crippen LogP contribution < -0.4 is 14.4 Å². The van der Waals surface area contributed by atoms with Gasteiger partial charge in [0.05, 0.1) is 33.6 Å². The molecule has 164 valence electrons. The molecule has 1 atom stereocenters. The van der Waals surface area contributed by atoms with Crippen LogP contribution in [0.4, 0.5) is 11.4 Å². The molecule has 0 bridgehead atoms. The minimum Gasteiger partial charge on any atom is -0.455 e. The number of hydrogen-bond acceptors (Lipinski definition) is 5. The molecule has 1 unspecified atom stereocenters. The molecule has 1 N–H and O–H groups in total. The van der Waals surface area contributed by atoms with E-state index in [1.54, 1.807) is 43.3 Å². The van der Waals surface area contributed by atoms with E-state index in [9.17, 15) is 18.0 Å². The molecule has 4 rings (SSSR count). The Kier molecular flexibility index (Phi) is 5.90. The van der Waals surface area contributed by atoms with Crippen LogP contribution in [0.5, 0.6) is 11.5 Å². The average molecular weight is 471 g/mol. The predicted octanol–water partition coefficient (Wildman–Crippen LogP) is 4.70. The highest BCUT2D eigenvalue weighted by molar-refractivity contribution is 7.94. The fraction of sp³-hybridized carbons (Fsp3) is 0.130. The molecular weight excluding hydrogens is 452 g/mol. The molecule has 0 aromatic heterocycles. The van der Waals surface area contributed by atoms with Gasteiger partial charge in [-0.15, -0.1) is 0 Å². The summed E-state index contributed by atoms with van der Waals surface area (Å²) in [6.07, 6.45) is 0. The number of hydrogen-bond donors (Lipinski definition) is 1. The van der Waals surface area contributed by atoms with E-state index in [4.69, 9.17) is 16.3 Å². The number of halogens is 1. The summed E-state index contributed by atoms with van der Waals surface area (Å²) in [6, 6.07) is 20.1. The van der Waals surface area contributed by atoms with E-state index in [0.29, 0.717) is 17.2 Å². The lowest BCUT2D eigenvalue weighted by atomic mass is 10.1. The SMILES string of the molecule is CC1CS(=O)(=O)N(c2ccc(Cl)c(C(=O)Nc3ccccc3Oc3ccccc3)c2)C1=O. The van der Waals surface area contributed by atoms with E-state index in [1.165, 1.54) is 18.2 Å². The van der Waals surface area contributed by atoms with Crippen molar-refractivity contribution in [2.45, 2.75) is 6.92 Å². The molecule has 1 aliphatic rings. The molecule has 1 saturated heterocycles. The maximum Gasteiger partial charge on any atom is 0.257 e. The number of para-hydroxylation sites is 3. The molecule has 0 radical (unpaired) electrons. The summed E-state index contributed by atoms with van der Waals surface area (Å²) in [5.74, 6) is -1.03. The van der Waals surface area contributed by atoms with E-state index < -0.39 is 27.8 Å². The van der Waals surface area contributed by atoms with Crippen molar-refractivity contribution in [2.24, 2.45) is 5.92 Å². The molecule has 9 heteroatoms. The average Bonchev–Trinajstić information content (AvgIpc) is 2.97. The number of carbonyl (C=O) groups excluding carboxylic acids is 2. The van der Waals surface area contributed by atoms with Crippen molar-refractivity contribution in [3.63, 3.8) is 0 Å². The van der Waals surface area contributed by atoms with Gasteiger partial charge < -0.3 is 10.1 Å². The number of ether oxygens (including phenoxy) is 1. The van der Waals surface area contributed by atoms with Crippen LogP contribution in [0.25, 0.3) is 0 Å². The second kappa shape index (κ2) is 8.64. The maximum atomic E-state index is 13.0. The van der Waals surface area contributed by atoms with Crippen LogP contribution in [0.3, 0.4) is 0 Å². The second-order valence-electron chi connectivity index (χ2n) is 7.31. The van der Waals surface area contributed by atoms with Crippen LogP contribution in [0.2, 0.25) is 5.02 Å². The molecule has 2 amide bonds. The summed E-state index contributed by atoms with van der Waals surface area (Å²) in [5.41, 5.74) is 0.505. The third-order valence-electron chi connectivity index (χ3n) is 4.90. The first-order chi connectivity index (χ1) is 15.3. The van der Waals surface area contributed by atoms with E-state index >= 15 is 0 Å². The Balaban J connectivity index is 1.63. The van der Waals surface area contributed by atoms with Gasteiger partial charge in [-0.1, -0.05) is 48.9 Å². The van der Waals surface area contributed by atoms with Gasteiger partial charge in [-0.05, 0) is 42.5 Å². The second-order valence-corrected chi connectivity index (χ2v) is 9.58. The monoisotopic (exact) mass is 470 g/mol. The summed E-state index contributed by atoms with van der Waals surface area (Å²) in [7, 11) is -3.81. The van der Waals surface area contributed by atoms with E-state index in [2.05, 4.69) is 5.32 Å². The third-order valence-corrected chi connectivity index (χ3v) is 7.09. The van der Waals surface area contributed by atoms with Gasteiger partial charge in [0, 0.05) is 0 Å². The zero-order valence-electron chi connectivity index (χ0n) is 17.0. The van der Waals surface area contributed by atoms with Crippen molar-refractivity contribution >= 4 is 44.8 Å². The van der Waals surface area contributed by atoms with Crippen LogP contribution in [0.1, 0.15) is 17.3 Å². The van der Waals surface area contributed by atoms with Crippen molar-refractivity contribution in [3.8, 4) is 11.5 Å². The summed E-state index contributed by atoms with van der Waals surface area (Å²) < 4.78 is 31.4. The molecule has 7 nitrogen and oxygen atoms in total. The number of anilines is 2.